The first-order valence-corrected chi connectivity index (χ1v) is 5.42. The highest BCUT2D eigenvalue weighted by Crippen LogP contribution is 2.31. The van der Waals surface area contributed by atoms with Crippen molar-refractivity contribution in [1.29, 1.82) is 0 Å². The van der Waals surface area contributed by atoms with Crippen LogP contribution in [-0.2, 0) is 0 Å². The van der Waals surface area contributed by atoms with Crippen molar-refractivity contribution in [3.8, 4) is 16.9 Å². The Morgan fingerprint density at radius 2 is 1.72 bits per heavy atom. The maximum absolute atomic E-state index is 13.9. The van der Waals surface area contributed by atoms with Gasteiger partial charge < -0.3 is 10.5 Å². The van der Waals surface area contributed by atoms with Crippen LogP contribution in [0.25, 0.3) is 11.1 Å². The molecule has 0 aromatic heterocycles. The van der Waals surface area contributed by atoms with E-state index in [1.807, 2.05) is 0 Å². The van der Waals surface area contributed by atoms with Crippen LogP contribution >= 0.6 is 0 Å². The topological polar surface area (TPSA) is 35.2 Å². The molecule has 0 unspecified atom stereocenters. The van der Waals surface area contributed by atoms with Crippen LogP contribution in [0, 0.1) is 18.6 Å². The van der Waals surface area contributed by atoms with Crippen LogP contribution in [0.1, 0.15) is 5.56 Å². The number of hydrogen-bond acceptors (Lipinski definition) is 2. The largest absolute Gasteiger partial charge is 0.497 e. The third-order valence-corrected chi connectivity index (χ3v) is 2.81. The van der Waals surface area contributed by atoms with Crippen molar-refractivity contribution < 1.29 is 13.5 Å². The molecule has 0 aliphatic heterocycles. The molecule has 4 heteroatoms. The number of aryl methyl sites for hydroxylation is 1. The summed E-state index contributed by atoms with van der Waals surface area (Å²) in [6.45, 7) is 1.71. The third kappa shape index (κ3) is 2.14. The van der Waals surface area contributed by atoms with Gasteiger partial charge in [-0.15, -0.1) is 0 Å². The highest BCUT2D eigenvalue weighted by atomic mass is 19.1. The first kappa shape index (κ1) is 12.4. The minimum atomic E-state index is -0.495. The molecule has 2 aromatic rings. The van der Waals surface area contributed by atoms with Gasteiger partial charge >= 0.3 is 0 Å². The molecule has 0 aliphatic rings. The van der Waals surface area contributed by atoms with Crippen molar-refractivity contribution in [1.82, 2.24) is 0 Å². The maximum atomic E-state index is 13.9. The molecule has 0 spiro atoms. The fraction of sp³-hybridized carbons (Fsp3) is 0.143. The van der Waals surface area contributed by atoms with Crippen LogP contribution < -0.4 is 10.5 Å². The van der Waals surface area contributed by atoms with Gasteiger partial charge in [0.1, 0.15) is 17.4 Å². The van der Waals surface area contributed by atoms with Gasteiger partial charge in [-0.25, -0.2) is 8.78 Å². The van der Waals surface area contributed by atoms with Crippen molar-refractivity contribution in [2.24, 2.45) is 0 Å². The number of benzene rings is 2. The van der Waals surface area contributed by atoms with Crippen molar-refractivity contribution in [2.75, 3.05) is 12.8 Å². The molecule has 0 radical (unpaired) electrons. The highest BCUT2D eigenvalue weighted by molar-refractivity contribution is 5.72. The summed E-state index contributed by atoms with van der Waals surface area (Å²) in [5.74, 6) is -0.488. The van der Waals surface area contributed by atoms with Gasteiger partial charge in [-0.05, 0) is 42.3 Å². The van der Waals surface area contributed by atoms with Gasteiger partial charge in [-0.2, -0.15) is 0 Å². The molecular formula is C14H13F2NO. The molecule has 2 rings (SSSR count). The maximum Gasteiger partial charge on any atom is 0.146 e. The van der Waals surface area contributed by atoms with E-state index < -0.39 is 11.6 Å². The monoisotopic (exact) mass is 249 g/mol. The Labute approximate surface area is 104 Å². The van der Waals surface area contributed by atoms with Crippen LogP contribution in [0.15, 0.2) is 30.3 Å². The van der Waals surface area contributed by atoms with Crippen molar-refractivity contribution in [2.45, 2.75) is 6.92 Å². The zero-order valence-corrected chi connectivity index (χ0v) is 10.1. The van der Waals surface area contributed by atoms with Crippen molar-refractivity contribution in [3.05, 3.63) is 47.5 Å². The number of halogens is 2. The molecule has 18 heavy (non-hydrogen) atoms. The summed E-state index contributed by atoms with van der Waals surface area (Å²) in [4.78, 5) is 0. The van der Waals surface area contributed by atoms with E-state index in [9.17, 15) is 8.78 Å². The summed E-state index contributed by atoms with van der Waals surface area (Å²) in [6.07, 6.45) is 0. The lowest BCUT2D eigenvalue weighted by molar-refractivity contribution is 0.411. The molecular weight excluding hydrogens is 236 g/mol. The van der Waals surface area contributed by atoms with Crippen LogP contribution in [0.2, 0.25) is 0 Å². The summed E-state index contributed by atoms with van der Waals surface area (Å²) in [5.41, 5.74) is 7.10. The molecule has 2 aromatic carbocycles. The van der Waals surface area contributed by atoms with Gasteiger partial charge in [-0.3, -0.25) is 0 Å². The lowest BCUT2D eigenvalue weighted by Crippen LogP contribution is -1.95. The van der Waals surface area contributed by atoms with Gasteiger partial charge in [-0.1, -0.05) is 0 Å². The molecule has 0 saturated heterocycles. The Morgan fingerprint density at radius 1 is 1.00 bits per heavy atom. The molecule has 2 nitrogen and oxygen atoms in total. The predicted octanol–water partition coefficient (Wildman–Crippen LogP) is 3.53. The van der Waals surface area contributed by atoms with E-state index in [1.54, 1.807) is 19.1 Å². The van der Waals surface area contributed by atoms with Crippen molar-refractivity contribution >= 4 is 5.69 Å². The molecule has 2 N–H and O–H groups in total. The van der Waals surface area contributed by atoms with Crippen LogP contribution in [0.5, 0.6) is 5.75 Å². The molecule has 94 valence electrons. The number of rotatable bonds is 2. The normalized spacial score (nSPS) is 10.4. The molecule has 0 aliphatic carbocycles. The Hall–Kier alpha value is -2.10. The fourth-order valence-electron chi connectivity index (χ4n) is 1.82. The predicted molar refractivity (Wildman–Crippen MR) is 67.5 cm³/mol. The van der Waals surface area contributed by atoms with Crippen LogP contribution in [-0.4, -0.2) is 7.11 Å². The smallest absolute Gasteiger partial charge is 0.146 e. The van der Waals surface area contributed by atoms with Crippen LogP contribution in [0.4, 0.5) is 14.5 Å². The standard InChI is InChI=1S/C14H13F2NO/c1-8-5-13(16)14(17)7-11(8)10-4-3-9(18-2)6-12(10)15/h3-7H,17H2,1-2H3. The van der Waals surface area contributed by atoms with Gasteiger partial charge in [0.15, 0.2) is 0 Å². The second-order valence-electron chi connectivity index (χ2n) is 4.03. The number of nitrogens with two attached hydrogens (primary N) is 1. The summed E-state index contributed by atoms with van der Waals surface area (Å²) < 4.78 is 32.1. The summed E-state index contributed by atoms with van der Waals surface area (Å²) in [7, 11) is 1.47. The zero-order valence-electron chi connectivity index (χ0n) is 10.1. The van der Waals surface area contributed by atoms with E-state index >= 15 is 0 Å². The van der Waals surface area contributed by atoms with Gasteiger partial charge in [0.05, 0.1) is 12.8 Å². The number of ether oxygens (including phenoxy) is 1. The van der Waals surface area contributed by atoms with E-state index in [-0.39, 0.29) is 5.69 Å². The van der Waals surface area contributed by atoms with Crippen LogP contribution in [0.3, 0.4) is 0 Å². The van der Waals surface area contributed by atoms with Gasteiger partial charge in [0, 0.05) is 11.6 Å². The second-order valence-corrected chi connectivity index (χ2v) is 4.03. The fourth-order valence-corrected chi connectivity index (χ4v) is 1.82. The van der Waals surface area contributed by atoms with E-state index in [0.29, 0.717) is 22.4 Å². The zero-order chi connectivity index (χ0) is 13.3. The molecule has 0 atom stereocenters. The first-order valence-electron chi connectivity index (χ1n) is 5.42. The van der Waals surface area contributed by atoms with E-state index in [4.69, 9.17) is 10.5 Å². The second kappa shape index (κ2) is 4.64. The minimum Gasteiger partial charge on any atom is -0.497 e. The summed E-state index contributed by atoms with van der Waals surface area (Å²) in [6, 6.07) is 7.27. The average Bonchev–Trinajstić information content (AvgIpc) is 2.34. The highest BCUT2D eigenvalue weighted by Gasteiger charge is 2.11. The number of hydrogen-bond donors (Lipinski definition) is 1. The lowest BCUT2D eigenvalue weighted by atomic mass is 9.99. The number of anilines is 1. The quantitative estimate of drug-likeness (QED) is 0.826. The van der Waals surface area contributed by atoms with Crippen molar-refractivity contribution in [3.63, 3.8) is 0 Å². The lowest BCUT2D eigenvalue weighted by Gasteiger charge is -2.10. The number of methoxy groups -OCH3 is 1. The summed E-state index contributed by atoms with van der Waals surface area (Å²) in [5, 5.41) is 0. The van der Waals surface area contributed by atoms with Gasteiger partial charge in [0.2, 0.25) is 0 Å². The van der Waals surface area contributed by atoms with Gasteiger partial charge in [0.25, 0.3) is 0 Å². The summed E-state index contributed by atoms with van der Waals surface area (Å²) >= 11 is 0. The molecule has 0 fully saturated rings. The molecule has 0 bridgehead atoms. The molecule has 0 heterocycles. The molecule has 0 saturated carbocycles. The SMILES string of the molecule is COc1ccc(-c2cc(N)c(F)cc2C)c(F)c1. The Kier molecular flexibility index (Phi) is 3.19. The number of nitrogen functional groups attached to an aromatic ring is 1. The van der Waals surface area contributed by atoms with E-state index in [0.717, 1.165) is 0 Å². The van der Waals surface area contributed by atoms with E-state index in [2.05, 4.69) is 0 Å². The Balaban J connectivity index is 2.58. The first-order chi connectivity index (χ1) is 8.52. The third-order valence-electron chi connectivity index (χ3n) is 2.81. The minimum absolute atomic E-state index is 0.00539. The Morgan fingerprint density at radius 3 is 2.33 bits per heavy atom. The Bertz CT molecular complexity index is 597. The molecule has 0 amide bonds. The average molecular weight is 249 g/mol. The van der Waals surface area contributed by atoms with E-state index in [1.165, 1.54) is 25.3 Å².